The quantitative estimate of drug-likeness (QED) is 0.658. The first-order valence-electron chi connectivity index (χ1n) is 5.85. The van der Waals surface area contributed by atoms with Gasteiger partial charge in [0.1, 0.15) is 4.33 Å². The van der Waals surface area contributed by atoms with Crippen molar-refractivity contribution in [2.75, 3.05) is 13.7 Å². The summed E-state index contributed by atoms with van der Waals surface area (Å²) in [7, 11) is -2.29. The zero-order chi connectivity index (χ0) is 15.0. The van der Waals surface area contributed by atoms with Crippen LogP contribution in [0, 0.1) is 5.92 Å². The molecule has 1 aromatic rings. The third-order valence-electron chi connectivity index (χ3n) is 3.02. The van der Waals surface area contributed by atoms with E-state index in [0.29, 0.717) is 6.42 Å². The van der Waals surface area contributed by atoms with Gasteiger partial charge in [0.05, 0.1) is 17.1 Å². The van der Waals surface area contributed by atoms with E-state index in [1.54, 1.807) is 0 Å². The van der Waals surface area contributed by atoms with Crippen LogP contribution in [0.25, 0.3) is 0 Å². The van der Waals surface area contributed by atoms with Crippen LogP contribution in [-0.2, 0) is 14.8 Å². The Labute approximate surface area is 127 Å². The smallest absolute Gasteiger partial charge is 0.338 e. The molecule has 0 amide bonds. The van der Waals surface area contributed by atoms with Gasteiger partial charge in [-0.1, -0.05) is 6.07 Å². The minimum absolute atomic E-state index is 0.00454. The summed E-state index contributed by atoms with van der Waals surface area (Å²) in [5.41, 5.74) is 0.164. The van der Waals surface area contributed by atoms with Crippen molar-refractivity contribution < 1.29 is 17.9 Å². The molecule has 0 heterocycles. The Bertz CT molecular complexity index is 630. The van der Waals surface area contributed by atoms with Crippen LogP contribution in [0.1, 0.15) is 16.8 Å². The minimum Gasteiger partial charge on any atom is -0.462 e. The molecule has 2 rings (SSSR count). The molecule has 8 heteroatoms. The van der Waals surface area contributed by atoms with Gasteiger partial charge in [0.25, 0.3) is 0 Å². The zero-order valence-corrected chi connectivity index (χ0v) is 12.9. The number of alkyl halides is 2. The van der Waals surface area contributed by atoms with E-state index < -0.39 is 20.3 Å². The highest BCUT2D eigenvalue weighted by Crippen LogP contribution is 2.53. The Morgan fingerprint density at radius 2 is 2.15 bits per heavy atom. The fourth-order valence-electron chi connectivity index (χ4n) is 1.62. The first-order valence-corrected chi connectivity index (χ1v) is 8.09. The fourth-order valence-corrected chi connectivity index (χ4v) is 2.89. The van der Waals surface area contributed by atoms with Crippen LogP contribution in [0.4, 0.5) is 0 Å². The predicted octanol–water partition coefficient (Wildman–Crippen LogP) is 1.95. The average molecular weight is 338 g/mol. The molecule has 110 valence electrons. The number of ether oxygens (including phenoxy) is 1. The first-order chi connectivity index (χ1) is 9.26. The molecular formula is C12H13Cl2NO4S. The highest BCUT2D eigenvalue weighted by molar-refractivity contribution is 7.89. The lowest BCUT2D eigenvalue weighted by molar-refractivity contribution is 0.0485. The zero-order valence-electron chi connectivity index (χ0n) is 10.6. The lowest BCUT2D eigenvalue weighted by Crippen LogP contribution is -2.19. The van der Waals surface area contributed by atoms with E-state index >= 15 is 0 Å². The van der Waals surface area contributed by atoms with Crippen molar-refractivity contribution in [2.24, 2.45) is 5.92 Å². The normalized spacial score (nSPS) is 20.4. The SMILES string of the molecule is CNS(=O)(=O)c1cccc(C(=O)OC[C@H]2CC2(Cl)Cl)c1. The van der Waals surface area contributed by atoms with E-state index in [-0.39, 0.29) is 23.0 Å². The van der Waals surface area contributed by atoms with Crippen molar-refractivity contribution in [1.82, 2.24) is 4.72 Å². The number of benzene rings is 1. The van der Waals surface area contributed by atoms with Gasteiger partial charge in [0.2, 0.25) is 10.0 Å². The molecule has 1 aliphatic rings. The number of rotatable bonds is 5. The van der Waals surface area contributed by atoms with Gasteiger partial charge in [-0.25, -0.2) is 17.9 Å². The second kappa shape index (κ2) is 5.52. The van der Waals surface area contributed by atoms with Gasteiger partial charge in [-0.05, 0) is 31.7 Å². The molecule has 1 saturated carbocycles. The number of esters is 1. The van der Waals surface area contributed by atoms with Crippen molar-refractivity contribution in [3.05, 3.63) is 29.8 Å². The second-order valence-electron chi connectivity index (χ2n) is 4.50. The summed E-state index contributed by atoms with van der Waals surface area (Å²) in [4.78, 5) is 11.8. The Hall–Kier alpha value is -0.820. The Morgan fingerprint density at radius 1 is 1.50 bits per heavy atom. The number of carbonyl (C=O) groups excluding carboxylic acids is 1. The molecule has 1 fully saturated rings. The molecular weight excluding hydrogens is 325 g/mol. The number of hydrogen-bond acceptors (Lipinski definition) is 4. The van der Waals surface area contributed by atoms with Crippen LogP contribution in [-0.4, -0.2) is 32.4 Å². The third-order valence-corrected chi connectivity index (χ3v) is 5.36. The molecule has 0 aliphatic heterocycles. The van der Waals surface area contributed by atoms with Crippen LogP contribution in [0.15, 0.2) is 29.2 Å². The molecule has 1 aliphatic carbocycles. The highest BCUT2D eigenvalue weighted by atomic mass is 35.5. The van der Waals surface area contributed by atoms with Crippen molar-refractivity contribution in [3.63, 3.8) is 0 Å². The number of nitrogens with one attached hydrogen (secondary N) is 1. The fraction of sp³-hybridized carbons (Fsp3) is 0.417. The molecule has 0 radical (unpaired) electrons. The van der Waals surface area contributed by atoms with Crippen molar-refractivity contribution in [1.29, 1.82) is 0 Å². The maximum Gasteiger partial charge on any atom is 0.338 e. The predicted molar refractivity (Wildman–Crippen MR) is 75.5 cm³/mol. The van der Waals surface area contributed by atoms with Gasteiger partial charge in [0.15, 0.2) is 0 Å². The van der Waals surface area contributed by atoms with E-state index in [1.807, 2.05) is 0 Å². The summed E-state index contributed by atoms with van der Waals surface area (Å²) in [6.07, 6.45) is 0.581. The average Bonchev–Trinajstić information content (AvgIpc) is 3.03. The number of hydrogen-bond donors (Lipinski definition) is 1. The molecule has 0 aromatic heterocycles. The van der Waals surface area contributed by atoms with E-state index in [1.165, 1.54) is 31.3 Å². The van der Waals surface area contributed by atoms with Crippen LogP contribution < -0.4 is 4.72 Å². The lowest BCUT2D eigenvalue weighted by Gasteiger charge is -2.07. The maximum absolute atomic E-state index is 11.8. The first kappa shape index (κ1) is 15.6. The Balaban J connectivity index is 2.05. The van der Waals surface area contributed by atoms with Crippen molar-refractivity contribution >= 4 is 39.2 Å². The topological polar surface area (TPSA) is 72.5 Å². The van der Waals surface area contributed by atoms with Gasteiger partial charge >= 0.3 is 5.97 Å². The van der Waals surface area contributed by atoms with E-state index in [0.717, 1.165) is 0 Å². The third kappa shape index (κ3) is 3.44. The van der Waals surface area contributed by atoms with E-state index in [2.05, 4.69) is 4.72 Å². The molecule has 0 unspecified atom stereocenters. The van der Waals surface area contributed by atoms with Crippen LogP contribution >= 0.6 is 23.2 Å². The summed E-state index contributed by atoms with van der Waals surface area (Å²) in [6, 6.07) is 5.62. The number of carbonyl (C=O) groups is 1. The van der Waals surface area contributed by atoms with Gasteiger partial charge < -0.3 is 4.74 Å². The van der Waals surface area contributed by atoms with E-state index in [4.69, 9.17) is 27.9 Å². The molecule has 5 nitrogen and oxygen atoms in total. The van der Waals surface area contributed by atoms with Gasteiger partial charge in [-0.2, -0.15) is 0 Å². The van der Waals surface area contributed by atoms with Gasteiger partial charge in [-0.3, -0.25) is 0 Å². The second-order valence-corrected chi connectivity index (χ2v) is 7.92. The maximum atomic E-state index is 11.8. The van der Waals surface area contributed by atoms with Gasteiger partial charge in [-0.15, -0.1) is 23.2 Å². The summed E-state index contributed by atoms with van der Waals surface area (Å²) < 4.78 is 29.7. The minimum atomic E-state index is -3.59. The molecule has 1 aromatic carbocycles. The summed E-state index contributed by atoms with van der Waals surface area (Å²) in [5, 5.41) is 0. The lowest BCUT2D eigenvalue weighted by atomic mass is 10.2. The molecule has 0 bridgehead atoms. The van der Waals surface area contributed by atoms with Crippen LogP contribution in [0.3, 0.4) is 0 Å². The summed E-state index contributed by atoms with van der Waals surface area (Å²) >= 11 is 11.7. The molecule has 20 heavy (non-hydrogen) atoms. The molecule has 0 spiro atoms. The number of halogens is 2. The largest absolute Gasteiger partial charge is 0.462 e. The molecule has 0 saturated heterocycles. The number of sulfonamides is 1. The Morgan fingerprint density at radius 3 is 2.70 bits per heavy atom. The summed E-state index contributed by atoms with van der Waals surface area (Å²) in [6.45, 7) is 0.120. The molecule has 1 N–H and O–H groups in total. The summed E-state index contributed by atoms with van der Waals surface area (Å²) in [5.74, 6) is -0.673. The van der Waals surface area contributed by atoms with Crippen molar-refractivity contribution in [3.8, 4) is 0 Å². The van der Waals surface area contributed by atoms with Crippen molar-refractivity contribution in [2.45, 2.75) is 15.6 Å². The highest BCUT2D eigenvalue weighted by Gasteiger charge is 2.52. The van der Waals surface area contributed by atoms with Crippen LogP contribution in [0.2, 0.25) is 0 Å². The Kier molecular flexibility index (Phi) is 4.30. The molecule has 1 atom stereocenters. The monoisotopic (exact) mass is 337 g/mol. The van der Waals surface area contributed by atoms with E-state index in [9.17, 15) is 13.2 Å². The standard InChI is InChI=1S/C12H13Cl2NO4S/c1-15-20(17,18)10-4-2-3-8(5-10)11(16)19-7-9-6-12(9,13)14/h2-5,9,15H,6-7H2,1H3/t9-/m1/s1. The van der Waals surface area contributed by atoms with Gasteiger partial charge in [0, 0.05) is 5.92 Å². The van der Waals surface area contributed by atoms with Crippen LogP contribution in [0.5, 0.6) is 0 Å².